The van der Waals surface area contributed by atoms with Crippen molar-refractivity contribution in [1.29, 1.82) is 0 Å². The molecule has 0 aliphatic carbocycles. The molecule has 116 valence electrons. The smallest absolute Gasteiger partial charge is 0.341 e. The summed E-state index contributed by atoms with van der Waals surface area (Å²) < 4.78 is 4.90. The van der Waals surface area contributed by atoms with E-state index < -0.39 is 5.97 Å². The third-order valence-electron chi connectivity index (χ3n) is 3.61. The number of H-pyrrole nitrogens is 1. The molecular weight excluding hydrogens is 286 g/mol. The fraction of sp³-hybridized carbons (Fsp3) is 0.429. The van der Waals surface area contributed by atoms with E-state index in [-0.39, 0.29) is 34.6 Å². The number of carbonyl (C=O) groups excluding carboxylic acids is 1. The first-order valence-electron chi connectivity index (χ1n) is 7.22. The number of ether oxygens (including phenoxy) is 1. The second-order valence-electron chi connectivity index (χ2n) is 5.10. The van der Waals surface area contributed by atoms with Gasteiger partial charge < -0.3 is 15.4 Å². The number of nitrogens with two attached hydrogens (primary N) is 1. The van der Waals surface area contributed by atoms with Gasteiger partial charge in [-0.2, -0.15) is 4.98 Å². The van der Waals surface area contributed by atoms with E-state index in [1.807, 2.05) is 4.90 Å². The monoisotopic (exact) mass is 303 g/mol. The Kier molecular flexibility index (Phi) is 3.66. The number of fused-ring (bicyclic) bond motifs is 1. The van der Waals surface area contributed by atoms with Gasteiger partial charge in [0.2, 0.25) is 5.95 Å². The molecular formula is C14H17N5O3. The van der Waals surface area contributed by atoms with Crippen LogP contribution in [0.3, 0.4) is 0 Å². The van der Waals surface area contributed by atoms with Gasteiger partial charge in [0.05, 0.1) is 12.0 Å². The maximum absolute atomic E-state index is 12.2. The van der Waals surface area contributed by atoms with Gasteiger partial charge in [-0.3, -0.25) is 9.78 Å². The molecule has 8 heteroatoms. The summed E-state index contributed by atoms with van der Waals surface area (Å²) in [5.41, 5.74) is 5.76. The van der Waals surface area contributed by atoms with Crippen LogP contribution >= 0.6 is 0 Å². The maximum atomic E-state index is 12.2. The topological polar surface area (TPSA) is 114 Å². The van der Waals surface area contributed by atoms with Crippen molar-refractivity contribution in [3.8, 4) is 0 Å². The van der Waals surface area contributed by atoms with Crippen LogP contribution in [-0.4, -0.2) is 40.6 Å². The Balaban J connectivity index is 2.10. The predicted octanol–water partition coefficient (Wildman–Crippen LogP) is 0.677. The molecule has 1 aliphatic heterocycles. The number of pyridine rings is 1. The number of rotatable bonds is 3. The van der Waals surface area contributed by atoms with Crippen molar-refractivity contribution >= 4 is 28.8 Å². The first-order chi connectivity index (χ1) is 10.6. The van der Waals surface area contributed by atoms with E-state index in [2.05, 4.69) is 15.0 Å². The van der Waals surface area contributed by atoms with Crippen molar-refractivity contribution < 1.29 is 9.53 Å². The van der Waals surface area contributed by atoms with Crippen molar-refractivity contribution in [2.75, 3.05) is 30.3 Å². The Bertz CT molecular complexity index is 780. The van der Waals surface area contributed by atoms with Crippen LogP contribution in [0.15, 0.2) is 10.9 Å². The van der Waals surface area contributed by atoms with Crippen LogP contribution in [0.4, 0.5) is 11.8 Å². The molecule has 0 atom stereocenters. The third kappa shape index (κ3) is 2.47. The van der Waals surface area contributed by atoms with E-state index in [1.54, 1.807) is 6.92 Å². The Hall–Kier alpha value is -2.64. The quantitative estimate of drug-likeness (QED) is 0.801. The fourth-order valence-electron chi connectivity index (χ4n) is 2.52. The Morgan fingerprint density at radius 1 is 1.41 bits per heavy atom. The molecule has 2 aromatic heterocycles. The minimum absolute atomic E-state index is 0.0106. The van der Waals surface area contributed by atoms with E-state index in [0.717, 1.165) is 25.9 Å². The van der Waals surface area contributed by atoms with Gasteiger partial charge >= 0.3 is 5.97 Å². The van der Waals surface area contributed by atoms with Crippen LogP contribution in [0.25, 0.3) is 11.0 Å². The summed E-state index contributed by atoms with van der Waals surface area (Å²) in [6, 6.07) is 1.38. The van der Waals surface area contributed by atoms with Gasteiger partial charge in [-0.05, 0) is 25.8 Å². The maximum Gasteiger partial charge on any atom is 0.341 e. The molecule has 8 nitrogen and oxygen atoms in total. The van der Waals surface area contributed by atoms with E-state index in [4.69, 9.17) is 10.5 Å². The van der Waals surface area contributed by atoms with Crippen LogP contribution in [0.5, 0.6) is 0 Å². The Morgan fingerprint density at radius 2 is 2.14 bits per heavy atom. The molecule has 1 aliphatic rings. The standard InChI is InChI=1S/C14H17N5O3/c1-2-22-13(21)8-7-9-11(16-10(8)15)17-14(18-12(9)20)19-5-3-4-6-19/h7H,2-6H2,1H3,(H3,15,16,17,18,20). The Morgan fingerprint density at radius 3 is 2.82 bits per heavy atom. The predicted molar refractivity (Wildman–Crippen MR) is 82.0 cm³/mol. The molecule has 3 rings (SSSR count). The van der Waals surface area contributed by atoms with Crippen molar-refractivity contribution in [2.24, 2.45) is 0 Å². The van der Waals surface area contributed by atoms with Crippen molar-refractivity contribution in [1.82, 2.24) is 15.0 Å². The largest absolute Gasteiger partial charge is 0.462 e. The zero-order chi connectivity index (χ0) is 15.7. The zero-order valence-corrected chi connectivity index (χ0v) is 12.3. The van der Waals surface area contributed by atoms with Crippen molar-refractivity contribution in [3.05, 3.63) is 22.0 Å². The summed E-state index contributed by atoms with van der Waals surface area (Å²) in [7, 11) is 0. The average molecular weight is 303 g/mol. The number of nitrogens with zero attached hydrogens (tertiary/aromatic N) is 3. The lowest BCUT2D eigenvalue weighted by atomic mass is 10.2. The van der Waals surface area contributed by atoms with Crippen LogP contribution in [-0.2, 0) is 4.74 Å². The number of aromatic amines is 1. The first kappa shape index (κ1) is 14.3. The normalized spacial score (nSPS) is 14.5. The molecule has 1 saturated heterocycles. The van der Waals surface area contributed by atoms with Crippen LogP contribution < -0.4 is 16.2 Å². The van der Waals surface area contributed by atoms with E-state index in [9.17, 15) is 9.59 Å². The number of nitrogen functional groups attached to an aromatic ring is 1. The van der Waals surface area contributed by atoms with Gasteiger partial charge in [0.25, 0.3) is 5.56 Å². The van der Waals surface area contributed by atoms with E-state index in [0.29, 0.717) is 5.95 Å². The minimum Gasteiger partial charge on any atom is -0.462 e. The summed E-state index contributed by atoms with van der Waals surface area (Å²) in [5, 5.41) is 0.222. The van der Waals surface area contributed by atoms with E-state index in [1.165, 1.54) is 6.07 Å². The molecule has 3 heterocycles. The molecule has 2 aromatic rings. The van der Waals surface area contributed by atoms with Crippen molar-refractivity contribution in [2.45, 2.75) is 19.8 Å². The number of aromatic nitrogens is 3. The molecule has 0 saturated carbocycles. The van der Waals surface area contributed by atoms with Crippen LogP contribution in [0, 0.1) is 0 Å². The molecule has 0 radical (unpaired) electrons. The minimum atomic E-state index is -0.600. The Labute approximate surface area is 126 Å². The molecule has 22 heavy (non-hydrogen) atoms. The lowest BCUT2D eigenvalue weighted by molar-refractivity contribution is 0.0527. The van der Waals surface area contributed by atoms with Gasteiger partial charge in [0.15, 0.2) is 5.65 Å². The highest BCUT2D eigenvalue weighted by atomic mass is 16.5. The molecule has 1 fully saturated rings. The summed E-state index contributed by atoms with van der Waals surface area (Å²) in [6.07, 6.45) is 2.14. The molecule has 0 spiro atoms. The summed E-state index contributed by atoms with van der Waals surface area (Å²) in [4.78, 5) is 37.2. The van der Waals surface area contributed by atoms with Gasteiger partial charge in [0.1, 0.15) is 11.4 Å². The van der Waals surface area contributed by atoms with Crippen LogP contribution in [0.1, 0.15) is 30.1 Å². The molecule has 0 bridgehead atoms. The van der Waals surface area contributed by atoms with Crippen LogP contribution in [0.2, 0.25) is 0 Å². The van der Waals surface area contributed by atoms with E-state index >= 15 is 0 Å². The molecule has 0 aromatic carbocycles. The highest BCUT2D eigenvalue weighted by molar-refractivity contribution is 5.97. The lowest BCUT2D eigenvalue weighted by Crippen LogP contribution is -2.24. The number of hydrogen-bond donors (Lipinski definition) is 2. The first-order valence-corrected chi connectivity index (χ1v) is 7.22. The average Bonchev–Trinajstić information content (AvgIpc) is 3.00. The summed E-state index contributed by atoms with van der Waals surface area (Å²) in [6.45, 7) is 3.62. The van der Waals surface area contributed by atoms with Gasteiger partial charge in [-0.15, -0.1) is 0 Å². The van der Waals surface area contributed by atoms with Gasteiger partial charge in [-0.25, -0.2) is 9.78 Å². The molecule has 0 unspecified atom stereocenters. The number of carbonyl (C=O) groups is 1. The summed E-state index contributed by atoms with van der Waals surface area (Å²) in [5.74, 6) is -0.0976. The lowest BCUT2D eigenvalue weighted by Gasteiger charge is -2.15. The highest BCUT2D eigenvalue weighted by Crippen LogP contribution is 2.19. The zero-order valence-electron chi connectivity index (χ0n) is 12.3. The molecule has 0 amide bonds. The number of anilines is 2. The van der Waals surface area contributed by atoms with Gasteiger partial charge in [0, 0.05) is 13.1 Å². The highest BCUT2D eigenvalue weighted by Gasteiger charge is 2.19. The second kappa shape index (κ2) is 5.63. The van der Waals surface area contributed by atoms with Crippen molar-refractivity contribution in [3.63, 3.8) is 0 Å². The number of nitrogens with one attached hydrogen (secondary N) is 1. The number of hydrogen-bond acceptors (Lipinski definition) is 7. The third-order valence-corrected chi connectivity index (χ3v) is 3.61. The molecule has 3 N–H and O–H groups in total. The SMILES string of the molecule is CCOC(=O)c1cc2c(=O)[nH]c(N3CCCC3)nc2nc1N. The number of esters is 1. The summed E-state index contributed by atoms with van der Waals surface area (Å²) >= 11 is 0. The fourth-order valence-corrected chi connectivity index (χ4v) is 2.52. The van der Waals surface area contributed by atoms with Gasteiger partial charge in [-0.1, -0.05) is 0 Å². The second-order valence-corrected chi connectivity index (χ2v) is 5.10.